The summed E-state index contributed by atoms with van der Waals surface area (Å²) in [7, 11) is 0. The maximum atomic E-state index is 12.1. The van der Waals surface area contributed by atoms with Gasteiger partial charge in [0.25, 0.3) is 0 Å². The van der Waals surface area contributed by atoms with Crippen molar-refractivity contribution in [2.24, 2.45) is 0 Å². The number of hydrogen-bond donors (Lipinski definition) is 1. The van der Waals surface area contributed by atoms with Crippen molar-refractivity contribution in [3.63, 3.8) is 0 Å². The first kappa shape index (κ1) is 14.2. The predicted octanol–water partition coefficient (Wildman–Crippen LogP) is 0.869. The summed E-state index contributed by atoms with van der Waals surface area (Å²) in [6.07, 6.45) is 3.88. The number of carbonyl (C=O) groups excluding carboxylic acids is 1. The normalized spacial score (nSPS) is 19.2. The fourth-order valence-electron chi connectivity index (χ4n) is 2.18. The van der Waals surface area contributed by atoms with Gasteiger partial charge in [-0.25, -0.2) is 0 Å². The van der Waals surface area contributed by atoms with E-state index in [1.54, 1.807) is 0 Å². The molecule has 0 radical (unpaired) electrons. The molecule has 1 fully saturated rings. The standard InChI is InChI=1S/C13H24N2O2/c1-3-5-12(2)13(17)15-7-4-6-14(8-9-15)10-11-16/h5,16H,3-4,6-11H2,1-2H3. The Morgan fingerprint density at radius 1 is 1.29 bits per heavy atom. The van der Waals surface area contributed by atoms with Crippen molar-refractivity contribution < 1.29 is 9.90 Å². The van der Waals surface area contributed by atoms with E-state index in [9.17, 15) is 4.79 Å². The van der Waals surface area contributed by atoms with Crippen LogP contribution >= 0.6 is 0 Å². The van der Waals surface area contributed by atoms with E-state index in [0.717, 1.165) is 44.6 Å². The SMILES string of the molecule is CCC=C(C)C(=O)N1CCCN(CCO)CC1. The molecule has 0 saturated carbocycles. The zero-order valence-electron chi connectivity index (χ0n) is 11.0. The zero-order chi connectivity index (χ0) is 12.7. The molecule has 1 rings (SSSR count). The third-order valence-corrected chi connectivity index (χ3v) is 3.14. The van der Waals surface area contributed by atoms with Crippen LogP contribution in [0, 0.1) is 0 Å². The van der Waals surface area contributed by atoms with Crippen molar-refractivity contribution in [1.29, 1.82) is 0 Å². The number of β-amino-alcohol motifs (C(OH)–C–C–N with tert-alkyl or cyclic N) is 1. The maximum Gasteiger partial charge on any atom is 0.249 e. The van der Waals surface area contributed by atoms with Crippen LogP contribution < -0.4 is 0 Å². The highest BCUT2D eigenvalue weighted by atomic mass is 16.3. The lowest BCUT2D eigenvalue weighted by Gasteiger charge is -2.21. The topological polar surface area (TPSA) is 43.8 Å². The minimum atomic E-state index is 0.165. The third-order valence-electron chi connectivity index (χ3n) is 3.14. The Bertz CT molecular complexity index is 277. The highest BCUT2D eigenvalue weighted by Gasteiger charge is 2.19. The van der Waals surface area contributed by atoms with Gasteiger partial charge in [0.15, 0.2) is 0 Å². The maximum absolute atomic E-state index is 12.1. The van der Waals surface area contributed by atoms with Crippen LogP contribution in [0.25, 0.3) is 0 Å². The molecule has 0 aromatic heterocycles. The quantitative estimate of drug-likeness (QED) is 0.742. The predicted molar refractivity (Wildman–Crippen MR) is 68.8 cm³/mol. The van der Waals surface area contributed by atoms with E-state index in [-0.39, 0.29) is 12.5 Å². The average molecular weight is 240 g/mol. The van der Waals surface area contributed by atoms with E-state index in [1.807, 2.05) is 24.8 Å². The van der Waals surface area contributed by atoms with Crippen LogP contribution in [-0.2, 0) is 4.79 Å². The van der Waals surface area contributed by atoms with Crippen molar-refractivity contribution in [2.45, 2.75) is 26.7 Å². The summed E-state index contributed by atoms with van der Waals surface area (Å²) in [6, 6.07) is 0. The Morgan fingerprint density at radius 2 is 2.06 bits per heavy atom. The molecule has 4 nitrogen and oxygen atoms in total. The molecule has 0 aromatic rings. The molecule has 0 aromatic carbocycles. The molecule has 1 saturated heterocycles. The van der Waals surface area contributed by atoms with Crippen LogP contribution in [-0.4, -0.2) is 60.1 Å². The van der Waals surface area contributed by atoms with Gasteiger partial charge < -0.3 is 10.0 Å². The molecule has 98 valence electrons. The molecule has 0 aliphatic carbocycles. The van der Waals surface area contributed by atoms with Crippen LogP contribution in [0.5, 0.6) is 0 Å². The fraction of sp³-hybridized carbons (Fsp3) is 0.769. The van der Waals surface area contributed by atoms with E-state index in [1.165, 1.54) is 0 Å². The number of allylic oxidation sites excluding steroid dienone is 1. The minimum Gasteiger partial charge on any atom is -0.395 e. The lowest BCUT2D eigenvalue weighted by Crippen LogP contribution is -2.36. The van der Waals surface area contributed by atoms with Crippen LogP contribution in [0.3, 0.4) is 0 Å². The summed E-state index contributed by atoms with van der Waals surface area (Å²) in [6.45, 7) is 8.29. The van der Waals surface area contributed by atoms with E-state index < -0.39 is 0 Å². The van der Waals surface area contributed by atoms with Crippen molar-refractivity contribution in [2.75, 3.05) is 39.3 Å². The molecule has 0 spiro atoms. The first-order valence-electron chi connectivity index (χ1n) is 6.48. The van der Waals surface area contributed by atoms with Gasteiger partial charge >= 0.3 is 0 Å². The molecule has 1 N–H and O–H groups in total. The molecule has 1 aliphatic rings. The first-order chi connectivity index (χ1) is 8.19. The van der Waals surface area contributed by atoms with E-state index in [0.29, 0.717) is 6.54 Å². The molecular weight excluding hydrogens is 216 g/mol. The summed E-state index contributed by atoms with van der Waals surface area (Å²) in [5.41, 5.74) is 0.850. The van der Waals surface area contributed by atoms with Crippen molar-refractivity contribution in [3.05, 3.63) is 11.6 Å². The zero-order valence-corrected chi connectivity index (χ0v) is 11.0. The van der Waals surface area contributed by atoms with Gasteiger partial charge in [-0.1, -0.05) is 13.0 Å². The number of carbonyl (C=O) groups is 1. The Kier molecular flexibility index (Phi) is 6.22. The van der Waals surface area contributed by atoms with Gasteiger partial charge in [-0.05, 0) is 26.3 Å². The smallest absolute Gasteiger partial charge is 0.249 e. The fourth-order valence-corrected chi connectivity index (χ4v) is 2.18. The van der Waals surface area contributed by atoms with Gasteiger partial charge in [0.1, 0.15) is 0 Å². The lowest BCUT2D eigenvalue weighted by atomic mass is 10.2. The van der Waals surface area contributed by atoms with Crippen molar-refractivity contribution in [1.82, 2.24) is 9.80 Å². The largest absolute Gasteiger partial charge is 0.395 e. The second-order valence-corrected chi connectivity index (χ2v) is 4.51. The van der Waals surface area contributed by atoms with Gasteiger partial charge in [-0.15, -0.1) is 0 Å². The summed E-state index contributed by atoms with van der Waals surface area (Å²) < 4.78 is 0. The number of rotatable bonds is 4. The molecule has 1 amide bonds. The number of aliphatic hydroxyl groups excluding tert-OH is 1. The number of nitrogens with zero attached hydrogens (tertiary/aromatic N) is 2. The van der Waals surface area contributed by atoms with E-state index in [2.05, 4.69) is 4.90 Å². The van der Waals surface area contributed by atoms with E-state index in [4.69, 9.17) is 5.11 Å². The van der Waals surface area contributed by atoms with Crippen LogP contribution in [0.4, 0.5) is 0 Å². The Morgan fingerprint density at radius 3 is 2.71 bits per heavy atom. The summed E-state index contributed by atoms with van der Waals surface area (Å²) in [4.78, 5) is 16.2. The summed E-state index contributed by atoms with van der Waals surface area (Å²) in [5.74, 6) is 0.165. The molecule has 1 aliphatic heterocycles. The molecule has 1 heterocycles. The van der Waals surface area contributed by atoms with Crippen molar-refractivity contribution >= 4 is 5.91 Å². The monoisotopic (exact) mass is 240 g/mol. The third kappa shape index (κ3) is 4.48. The molecule has 17 heavy (non-hydrogen) atoms. The van der Waals surface area contributed by atoms with E-state index >= 15 is 0 Å². The Hall–Kier alpha value is -0.870. The molecule has 0 atom stereocenters. The minimum absolute atomic E-state index is 0.165. The van der Waals surface area contributed by atoms with Crippen LogP contribution in [0.2, 0.25) is 0 Å². The molecule has 0 bridgehead atoms. The second kappa shape index (κ2) is 7.45. The van der Waals surface area contributed by atoms with Gasteiger partial charge in [-0.3, -0.25) is 9.69 Å². The lowest BCUT2D eigenvalue weighted by molar-refractivity contribution is -0.127. The molecule has 4 heteroatoms. The number of hydrogen-bond acceptors (Lipinski definition) is 3. The number of amides is 1. The van der Waals surface area contributed by atoms with Crippen molar-refractivity contribution in [3.8, 4) is 0 Å². The Balaban J connectivity index is 2.51. The highest BCUT2D eigenvalue weighted by molar-refractivity contribution is 5.92. The second-order valence-electron chi connectivity index (χ2n) is 4.51. The van der Waals surface area contributed by atoms with Gasteiger partial charge in [-0.2, -0.15) is 0 Å². The van der Waals surface area contributed by atoms with Gasteiger partial charge in [0.05, 0.1) is 6.61 Å². The van der Waals surface area contributed by atoms with Crippen LogP contribution in [0.15, 0.2) is 11.6 Å². The highest BCUT2D eigenvalue weighted by Crippen LogP contribution is 2.08. The summed E-state index contributed by atoms with van der Waals surface area (Å²) in [5, 5.41) is 8.91. The Labute approximate surface area is 104 Å². The first-order valence-corrected chi connectivity index (χ1v) is 6.48. The van der Waals surface area contributed by atoms with Gasteiger partial charge in [0.2, 0.25) is 5.91 Å². The number of aliphatic hydroxyl groups is 1. The average Bonchev–Trinajstić information content (AvgIpc) is 2.54. The van der Waals surface area contributed by atoms with Gasteiger partial charge in [0, 0.05) is 31.8 Å². The molecular formula is C13H24N2O2. The molecule has 0 unspecified atom stereocenters. The van der Waals surface area contributed by atoms with Crippen LogP contribution in [0.1, 0.15) is 26.7 Å². The summed E-state index contributed by atoms with van der Waals surface area (Å²) >= 11 is 0.